The maximum atomic E-state index is 12.3. The number of aliphatic hydroxyl groups is 2. The lowest BCUT2D eigenvalue weighted by atomic mass is 10.2. The minimum Gasteiger partial charge on any atom is -0.488 e. The van der Waals surface area contributed by atoms with Gasteiger partial charge in [0, 0.05) is 12.1 Å². The predicted molar refractivity (Wildman–Crippen MR) is 87.7 cm³/mol. The second-order valence-electron chi connectivity index (χ2n) is 5.93. The minimum absolute atomic E-state index is 0.282. The third-order valence-corrected chi connectivity index (χ3v) is 4.10. The Labute approximate surface area is 140 Å². The lowest BCUT2D eigenvalue weighted by molar-refractivity contribution is -0.0135. The molecular formula is C18H20N2O4. The number of amides is 1. The number of aromatic nitrogens is 1. The first-order chi connectivity index (χ1) is 11.5. The molecule has 0 unspecified atom stereocenters. The number of aryl methyl sites for hydroxylation is 1. The number of nitrogens with one attached hydrogen (secondary N) is 1. The Balaban J connectivity index is 1.65. The van der Waals surface area contributed by atoms with Gasteiger partial charge in [0.25, 0.3) is 5.91 Å². The van der Waals surface area contributed by atoms with Gasteiger partial charge in [-0.3, -0.25) is 4.79 Å². The van der Waals surface area contributed by atoms with Gasteiger partial charge in [-0.05, 0) is 31.2 Å². The summed E-state index contributed by atoms with van der Waals surface area (Å²) in [6.45, 7) is 1.80. The third-order valence-electron chi connectivity index (χ3n) is 4.10. The molecule has 1 aromatic heterocycles. The van der Waals surface area contributed by atoms with E-state index in [1.54, 1.807) is 37.3 Å². The van der Waals surface area contributed by atoms with Crippen molar-refractivity contribution in [1.82, 2.24) is 10.3 Å². The molecule has 1 fully saturated rings. The van der Waals surface area contributed by atoms with Crippen LogP contribution in [0.2, 0.25) is 0 Å². The Bertz CT molecular complexity index is 707. The van der Waals surface area contributed by atoms with Crippen molar-refractivity contribution in [3.63, 3.8) is 0 Å². The lowest BCUT2D eigenvalue weighted by Crippen LogP contribution is -2.43. The van der Waals surface area contributed by atoms with Crippen LogP contribution in [0.1, 0.15) is 22.6 Å². The van der Waals surface area contributed by atoms with Gasteiger partial charge in [-0.1, -0.05) is 24.3 Å². The summed E-state index contributed by atoms with van der Waals surface area (Å²) in [6, 6.07) is 13.6. The molecule has 0 saturated heterocycles. The predicted octanol–water partition coefficient (Wildman–Crippen LogP) is 1.06. The zero-order valence-corrected chi connectivity index (χ0v) is 13.3. The molecule has 1 aromatic carbocycles. The van der Waals surface area contributed by atoms with E-state index in [2.05, 4.69) is 10.3 Å². The van der Waals surface area contributed by atoms with Crippen LogP contribution in [-0.2, 0) is 0 Å². The Morgan fingerprint density at radius 1 is 1.12 bits per heavy atom. The van der Waals surface area contributed by atoms with E-state index < -0.39 is 24.4 Å². The number of rotatable bonds is 4. The molecule has 1 heterocycles. The van der Waals surface area contributed by atoms with E-state index in [0.717, 1.165) is 5.69 Å². The first-order valence-corrected chi connectivity index (χ1v) is 7.87. The molecule has 4 atom stereocenters. The first-order valence-electron chi connectivity index (χ1n) is 7.87. The van der Waals surface area contributed by atoms with E-state index in [1.165, 1.54) is 0 Å². The van der Waals surface area contributed by atoms with Gasteiger partial charge in [0.2, 0.25) is 0 Å². The fraction of sp³-hybridized carbons (Fsp3) is 0.333. The Kier molecular flexibility index (Phi) is 4.78. The molecule has 1 saturated carbocycles. The summed E-state index contributed by atoms with van der Waals surface area (Å²) in [6.07, 6.45) is -2.43. The van der Waals surface area contributed by atoms with E-state index in [9.17, 15) is 15.0 Å². The van der Waals surface area contributed by atoms with Gasteiger partial charge in [-0.15, -0.1) is 0 Å². The van der Waals surface area contributed by atoms with Gasteiger partial charge in [-0.25, -0.2) is 4.98 Å². The quantitative estimate of drug-likeness (QED) is 0.781. The fourth-order valence-electron chi connectivity index (χ4n) is 2.83. The van der Waals surface area contributed by atoms with Crippen LogP contribution in [0.4, 0.5) is 0 Å². The van der Waals surface area contributed by atoms with Crippen LogP contribution in [0.3, 0.4) is 0 Å². The summed E-state index contributed by atoms with van der Waals surface area (Å²) in [5.41, 5.74) is 1.02. The topological polar surface area (TPSA) is 91.7 Å². The number of benzene rings is 1. The summed E-state index contributed by atoms with van der Waals surface area (Å²) >= 11 is 0. The molecule has 0 radical (unpaired) electrons. The largest absolute Gasteiger partial charge is 0.488 e. The molecule has 0 spiro atoms. The smallest absolute Gasteiger partial charge is 0.270 e. The number of nitrogens with zero attached hydrogens (tertiary/aromatic N) is 1. The molecule has 6 heteroatoms. The number of aliphatic hydroxyl groups excluding tert-OH is 2. The molecule has 0 aliphatic heterocycles. The van der Waals surface area contributed by atoms with E-state index in [-0.39, 0.29) is 11.6 Å². The standard InChI is InChI=1S/C18H20N2O4/c1-11-6-5-9-13(19-11)18(23)20-14-10-15(17(22)16(14)21)24-12-7-3-2-4-8-12/h2-9,14-17,21-22H,10H2,1H3,(H,20,23)/t14-,15-,16+,17+/m1/s1. The summed E-state index contributed by atoms with van der Waals surface area (Å²) in [7, 11) is 0. The maximum Gasteiger partial charge on any atom is 0.270 e. The van der Waals surface area contributed by atoms with E-state index in [4.69, 9.17) is 4.74 Å². The average Bonchev–Trinajstić information content (AvgIpc) is 2.84. The van der Waals surface area contributed by atoms with Crippen LogP contribution in [0, 0.1) is 6.92 Å². The molecule has 3 N–H and O–H groups in total. The monoisotopic (exact) mass is 328 g/mol. The van der Waals surface area contributed by atoms with Crippen molar-refractivity contribution >= 4 is 5.91 Å². The summed E-state index contributed by atoms with van der Waals surface area (Å²) in [5, 5.41) is 23.1. The van der Waals surface area contributed by atoms with Gasteiger partial charge in [0.05, 0.1) is 6.04 Å². The molecule has 1 aliphatic rings. The van der Waals surface area contributed by atoms with Crippen molar-refractivity contribution in [1.29, 1.82) is 0 Å². The van der Waals surface area contributed by atoms with Crippen molar-refractivity contribution in [2.75, 3.05) is 0 Å². The maximum absolute atomic E-state index is 12.3. The molecule has 126 valence electrons. The van der Waals surface area contributed by atoms with Gasteiger partial charge in [0.1, 0.15) is 29.8 Å². The number of ether oxygens (including phenoxy) is 1. The number of hydrogen-bond donors (Lipinski definition) is 3. The number of hydrogen-bond acceptors (Lipinski definition) is 5. The molecule has 0 bridgehead atoms. The summed E-state index contributed by atoms with van der Waals surface area (Å²) in [4.78, 5) is 16.4. The van der Waals surface area contributed by atoms with E-state index >= 15 is 0 Å². The van der Waals surface area contributed by atoms with Crippen molar-refractivity contribution in [2.45, 2.75) is 37.7 Å². The molecule has 1 amide bonds. The SMILES string of the molecule is Cc1cccc(C(=O)N[C@@H]2C[C@@H](Oc3ccccc3)[C@H](O)[C@H]2O)n1. The van der Waals surface area contributed by atoms with Gasteiger partial charge < -0.3 is 20.3 Å². The van der Waals surface area contributed by atoms with Crippen LogP contribution >= 0.6 is 0 Å². The van der Waals surface area contributed by atoms with Crippen LogP contribution in [-0.4, -0.2) is 45.5 Å². The van der Waals surface area contributed by atoms with Gasteiger partial charge >= 0.3 is 0 Å². The number of pyridine rings is 1. The zero-order valence-electron chi connectivity index (χ0n) is 13.3. The van der Waals surface area contributed by atoms with Gasteiger partial charge in [-0.2, -0.15) is 0 Å². The minimum atomic E-state index is -1.09. The number of para-hydroxylation sites is 1. The summed E-state index contributed by atoms with van der Waals surface area (Å²) in [5.74, 6) is 0.233. The highest BCUT2D eigenvalue weighted by atomic mass is 16.5. The fourth-order valence-corrected chi connectivity index (χ4v) is 2.83. The second-order valence-corrected chi connectivity index (χ2v) is 5.93. The molecular weight excluding hydrogens is 308 g/mol. The molecule has 24 heavy (non-hydrogen) atoms. The van der Waals surface area contributed by atoms with Crippen LogP contribution < -0.4 is 10.1 Å². The normalized spacial score (nSPS) is 26.1. The highest BCUT2D eigenvalue weighted by molar-refractivity contribution is 5.92. The van der Waals surface area contributed by atoms with Gasteiger partial charge in [0.15, 0.2) is 0 Å². The van der Waals surface area contributed by atoms with Crippen molar-refractivity contribution in [3.05, 3.63) is 59.9 Å². The molecule has 2 aromatic rings. The Morgan fingerprint density at radius 3 is 2.58 bits per heavy atom. The van der Waals surface area contributed by atoms with Crippen LogP contribution in [0.25, 0.3) is 0 Å². The Hall–Kier alpha value is -2.44. The average molecular weight is 328 g/mol. The van der Waals surface area contributed by atoms with Crippen LogP contribution in [0.5, 0.6) is 5.75 Å². The zero-order chi connectivity index (χ0) is 17.1. The highest BCUT2D eigenvalue weighted by Gasteiger charge is 2.43. The van der Waals surface area contributed by atoms with Crippen molar-refractivity contribution in [3.8, 4) is 5.75 Å². The highest BCUT2D eigenvalue weighted by Crippen LogP contribution is 2.26. The number of carbonyl (C=O) groups excluding carboxylic acids is 1. The first kappa shape index (κ1) is 16.4. The summed E-state index contributed by atoms with van der Waals surface area (Å²) < 4.78 is 5.72. The second kappa shape index (κ2) is 6.98. The third kappa shape index (κ3) is 3.55. The molecule has 1 aliphatic carbocycles. The lowest BCUT2D eigenvalue weighted by Gasteiger charge is -2.18. The van der Waals surface area contributed by atoms with E-state index in [1.807, 2.05) is 18.2 Å². The van der Waals surface area contributed by atoms with Crippen molar-refractivity contribution in [2.24, 2.45) is 0 Å². The van der Waals surface area contributed by atoms with E-state index in [0.29, 0.717) is 12.2 Å². The van der Waals surface area contributed by atoms with Crippen LogP contribution in [0.15, 0.2) is 48.5 Å². The molecule has 6 nitrogen and oxygen atoms in total. The Morgan fingerprint density at radius 2 is 1.88 bits per heavy atom. The number of carbonyl (C=O) groups is 1. The van der Waals surface area contributed by atoms with Crippen molar-refractivity contribution < 1.29 is 19.7 Å². The molecule has 3 rings (SSSR count).